The second-order valence-electron chi connectivity index (χ2n) is 5.71. The van der Waals surface area contributed by atoms with Gasteiger partial charge in [-0.15, -0.1) is 0 Å². The normalized spacial score (nSPS) is 10.0. The minimum atomic E-state index is -0.304. The number of hydrogen-bond acceptors (Lipinski definition) is 5. The van der Waals surface area contributed by atoms with Crippen molar-refractivity contribution in [2.45, 2.75) is 13.8 Å². The van der Waals surface area contributed by atoms with E-state index in [4.69, 9.17) is 10.00 Å². The van der Waals surface area contributed by atoms with E-state index in [9.17, 15) is 4.79 Å². The summed E-state index contributed by atoms with van der Waals surface area (Å²) in [6.45, 7) is 3.74. The smallest absolute Gasteiger partial charge is 0.322 e. The van der Waals surface area contributed by atoms with Crippen LogP contribution in [0, 0.1) is 25.2 Å². The number of aryl methyl sites for hydroxylation is 2. The maximum atomic E-state index is 12.4. The number of carbonyl (C=O) groups is 1. The lowest BCUT2D eigenvalue weighted by Gasteiger charge is -2.09. The Balaban J connectivity index is 1.76. The zero-order valence-electron chi connectivity index (χ0n) is 14.4. The van der Waals surface area contributed by atoms with Gasteiger partial charge in [-0.05, 0) is 50.2 Å². The van der Waals surface area contributed by atoms with Crippen LogP contribution < -0.4 is 10.1 Å². The molecule has 0 atom stereocenters. The molecule has 0 fully saturated rings. The van der Waals surface area contributed by atoms with Crippen LogP contribution in [0.2, 0.25) is 0 Å². The third-order valence-corrected chi connectivity index (χ3v) is 3.52. The highest BCUT2D eigenvalue weighted by Gasteiger charge is 2.08. The molecule has 1 amide bonds. The number of nitrogens with zero attached hydrogens (tertiary/aromatic N) is 3. The SMILES string of the molecule is Cc1cc(C)nc(Oc2cccc(NC(=O)c3cccc(C#N)c3)c2)n1. The number of amides is 1. The minimum Gasteiger partial charge on any atom is -0.424 e. The molecule has 0 spiro atoms. The molecule has 0 aliphatic heterocycles. The maximum Gasteiger partial charge on any atom is 0.322 e. The quantitative estimate of drug-likeness (QED) is 0.772. The summed E-state index contributed by atoms with van der Waals surface area (Å²) >= 11 is 0. The summed E-state index contributed by atoms with van der Waals surface area (Å²) in [5.74, 6) is 0.209. The molecule has 6 heteroatoms. The van der Waals surface area contributed by atoms with Gasteiger partial charge >= 0.3 is 6.01 Å². The Morgan fingerprint density at radius 1 is 1.04 bits per heavy atom. The van der Waals surface area contributed by atoms with Crippen molar-refractivity contribution in [2.24, 2.45) is 0 Å². The number of anilines is 1. The molecule has 26 heavy (non-hydrogen) atoms. The van der Waals surface area contributed by atoms with E-state index in [0.29, 0.717) is 22.6 Å². The Hall–Kier alpha value is -3.72. The number of ether oxygens (including phenoxy) is 1. The fourth-order valence-electron chi connectivity index (χ4n) is 2.42. The lowest BCUT2D eigenvalue weighted by atomic mass is 10.1. The zero-order chi connectivity index (χ0) is 18.5. The van der Waals surface area contributed by atoms with E-state index in [1.807, 2.05) is 26.0 Å². The van der Waals surface area contributed by atoms with Crippen molar-refractivity contribution in [3.8, 4) is 17.8 Å². The molecule has 0 aliphatic rings. The predicted molar refractivity (Wildman–Crippen MR) is 97.1 cm³/mol. The largest absolute Gasteiger partial charge is 0.424 e. The molecule has 3 aromatic rings. The molecule has 6 nitrogen and oxygen atoms in total. The van der Waals surface area contributed by atoms with Crippen LogP contribution in [0.4, 0.5) is 5.69 Å². The second kappa shape index (κ2) is 7.45. The first-order chi connectivity index (χ1) is 12.5. The zero-order valence-corrected chi connectivity index (χ0v) is 14.4. The Bertz CT molecular complexity index is 988. The van der Waals surface area contributed by atoms with Gasteiger partial charge in [-0.25, -0.2) is 9.97 Å². The molecule has 0 bridgehead atoms. The molecule has 0 aliphatic carbocycles. The molecule has 1 heterocycles. The van der Waals surface area contributed by atoms with Gasteiger partial charge in [0.05, 0.1) is 11.6 Å². The molecule has 0 saturated carbocycles. The van der Waals surface area contributed by atoms with Crippen molar-refractivity contribution >= 4 is 11.6 Å². The van der Waals surface area contributed by atoms with E-state index >= 15 is 0 Å². The number of nitriles is 1. The molecule has 0 radical (unpaired) electrons. The minimum absolute atomic E-state index is 0.257. The van der Waals surface area contributed by atoms with Gasteiger partial charge in [0.15, 0.2) is 0 Å². The number of nitrogens with one attached hydrogen (secondary N) is 1. The fraction of sp³-hybridized carbons (Fsp3) is 0.100. The van der Waals surface area contributed by atoms with Gasteiger partial charge in [0.2, 0.25) is 0 Å². The highest BCUT2D eigenvalue weighted by Crippen LogP contribution is 2.22. The maximum absolute atomic E-state index is 12.4. The molecular formula is C20H16N4O2. The molecule has 3 rings (SSSR count). The Morgan fingerprint density at radius 3 is 2.50 bits per heavy atom. The Kier molecular flexibility index (Phi) is 4.90. The van der Waals surface area contributed by atoms with Crippen LogP contribution in [0.1, 0.15) is 27.3 Å². The summed E-state index contributed by atoms with van der Waals surface area (Å²) in [4.78, 5) is 20.8. The first kappa shape index (κ1) is 17.1. The summed E-state index contributed by atoms with van der Waals surface area (Å²) in [5, 5.41) is 11.7. The van der Waals surface area contributed by atoms with Crippen LogP contribution in [0.25, 0.3) is 0 Å². The Labute approximate surface area is 151 Å². The topological polar surface area (TPSA) is 87.9 Å². The number of hydrogen-bond donors (Lipinski definition) is 1. The van der Waals surface area contributed by atoms with Crippen LogP contribution in [0.3, 0.4) is 0 Å². The highest BCUT2D eigenvalue weighted by atomic mass is 16.5. The van der Waals surface area contributed by atoms with Crippen molar-refractivity contribution < 1.29 is 9.53 Å². The summed E-state index contributed by atoms with van der Waals surface area (Å²) < 4.78 is 5.69. The van der Waals surface area contributed by atoms with Crippen molar-refractivity contribution in [3.05, 3.63) is 77.1 Å². The standard InChI is InChI=1S/C20H16N4O2/c1-13-9-14(2)23-20(22-13)26-18-8-4-7-17(11-18)24-19(25)16-6-3-5-15(10-16)12-21/h3-11H,1-2H3,(H,24,25). The Morgan fingerprint density at radius 2 is 1.77 bits per heavy atom. The van der Waals surface area contributed by atoms with E-state index in [0.717, 1.165) is 11.4 Å². The van der Waals surface area contributed by atoms with Crippen LogP contribution in [-0.4, -0.2) is 15.9 Å². The van der Waals surface area contributed by atoms with Crippen LogP contribution in [0.15, 0.2) is 54.6 Å². The molecule has 0 unspecified atom stereocenters. The van der Waals surface area contributed by atoms with Gasteiger partial charge in [-0.3, -0.25) is 4.79 Å². The van der Waals surface area contributed by atoms with Crippen molar-refractivity contribution in [3.63, 3.8) is 0 Å². The second-order valence-corrected chi connectivity index (χ2v) is 5.71. The van der Waals surface area contributed by atoms with Gasteiger partial charge in [0.1, 0.15) is 5.75 Å². The van der Waals surface area contributed by atoms with E-state index < -0.39 is 0 Å². The van der Waals surface area contributed by atoms with Crippen LogP contribution >= 0.6 is 0 Å². The first-order valence-corrected chi connectivity index (χ1v) is 7.95. The number of rotatable bonds is 4. The third kappa shape index (κ3) is 4.22. The molecular weight excluding hydrogens is 328 g/mol. The van der Waals surface area contributed by atoms with Crippen molar-refractivity contribution in [1.29, 1.82) is 5.26 Å². The predicted octanol–water partition coefficient (Wildman–Crippen LogP) is 4.01. The van der Waals surface area contributed by atoms with E-state index in [1.165, 1.54) is 0 Å². The average Bonchev–Trinajstić information content (AvgIpc) is 2.61. The van der Waals surface area contributed by atoms with Gasteiger partial charge in [0.25, 0.3) is 5.91 Å². The first-order valence-electron chi connectivity index (χ1n) is 7.95. The van der Waals surface area contributed by atoms with Crippen LogP contribution in [0.5, 0.6) is 11.8 Å². The average molecular weight is 344 g/mol. The molecule has 1 N–H and O–H groups in total. The van der Waals surface area contributed by atoms with Gasteiger partial charge < -0.3 is 10.1 Å². The van der Waals surface area contributed by atoms with Gasteiger partial charge in [-0.2, -0.15) is 5.26 Å². The van der Waals surface area contributed by atoms with Gasteiger partial charge in [0, 0.05) is 28.7 Å². The van der Waals surface area contributed by atoms with Crippen molar-refractivity contribution in [1.82, 2.24) is 9.97 Å². The fourth-order valence-corrected chi connectivity index (χ4v) is 2.42. The number of aromatic nitrogens is 2. The molecule has 0 saturated heterocycles. The summed E-state index contributed by atoms with van der Waals surface area (Å²) in [5.41, 5.74) is 3.04. The van der Waals surface area contributed by atoms with E-state index in [-0.39, 0.29) is 11.9 Å². The number of carbonyl (C=O) groups excluding carboxylic acids is 1. The monoisotopic (exact) mass is 344 g/mol. The van der Waals surface area contributed by atoms with E-state index in [2.05, 4.69) is 15.3 Å². The van der Waals surface area contributed by atoms with Gasteiger partial charge in [-0.1, -0.05) is 12.1 Å². The van der Waals surface area contributed by atoms with E-state index in [1.54, 1.807) is 48.5 Å². The number of benzene rings is 2. The lowest BCUT2D eigenvalue weighted by molar-refractivity contribution is 0.102. The van der Waals surface area contributed by atoms with Crippen LogP contribution in [-0.2, 0) is 0 Å². The third-order valence-electron chi connectivity index (χ3n) is 3.52. The summed E-state index contributed by atoms with van der Waals surface area (Å²) in [6.07, 6.45) is 0. The summed E-state index contributed by atoms with van der Waals surface area (Å²) in [7, 11) is 0. The molecule has 128 valence electrons. The van der Waals surface area contributed by atoms with Crippen molar-refractivity contribution in [2.75, 3.05) is 5.32 Å². The summed E-state index contributed by atoms with van der Waals surface area (Å²) in [6, 6.07) is 17.6. The highest BCUT2D eigenvalue weighted by molar-refractivity contribution is 6.04. The molecule has 1 aromatic heterocycles. The molecule has 2 aromatic carbocycles. The lowest BCUT2D eigenvalue weighted by Crippen LogP contribution is -2.12.